The van der Waals surface area contributed by atoms with Gasteiger partial charge in [0.25, 0.3) is 0 Å². The molecule has 2 nitrogen and oxygen atoms in total. The zero-order valence-corrected chi connectivity index (χ0v) is 12.5. The van der Waals surface area contributed by atoms with E-state index < -0.39 is 0 Å². The summed E-state index contributed by atoms with van der Waals surface area (Å²) in [7, 11) is 1.64. The van der Waals surface area contributed by atoms with Gasteiger partial charge in [-0.25, -0.2) is 0 Å². The minimum absolute atomic E-state index is 0.000139. The smallest absolute Gasteiger partial charge is 0.147 e. The van der Waals surface area contributed by atoms with Gasteiger partial charge >= 0.3 is 0 Å². The molecule has 0 saturated carbocycles. The van der Waals surface area contributed by atoms with E-state index in [0.717, 1.165) is 16.5 Å². The molecule has 0 amide bonds. The molecule has 19 heavy (non-hydrogen) atoms. The first-order valence-corrected chi connectivity index (χ1v) is 6.99. The largest absolute Gasteiger partial charge is 0.359 e. The summed E-state index contributed by atoms with van der Waals surface area (Å²) < 4.78 is 11.9. The Labute approximate surface area is 122 Å². The fourth-order valence-electron chi connectivity index (χ4n) is 1.95. The molecule has 0 aromatic heterocycles. The highest BCUT2D eigenvalue weighted by Gasteiger charge is 2.14. The average Bonchev–Trinajstić information content (AvgIpc) is 2.46. The second-order valence-electron chi connectivity index (χ2n) is 4.27. The van der Waals surface area contributed by atoms with E-state index in [1.807, 2.05) is 36.4 Å². The van der Waals surface area contributed by atoms with E-state index in [2.05, 4.69) is 34.1 Å². The molecule has 1 atom stereocenters. The van der Waals surface area contributed by atoms with Gasteiger partial charge in [0.15, 0.2) is 0 Å². The molecule has 0 saturated heterocycles. The molecule has 2 aromatic rings. The second-order valence-corrected chi connectivity index (χ2v) is 5.12. The first-order valence-electron chi connectivity index (χ1n) is 6.20. The second kappa shape index (κ2) is 7.43. The fraction of sp³-hybridized carbons (Fsp3) is 0.250. The summed E-state index contributed by atoms with van der Waals surface area (Å²) in [5, 5.41) is 0. The minimum Gasteiger partial charge on any atom is -0.359 e. The van der Waals surface area contributed by atoms with Crippen molar-refractivity contribution in [3.8, 4) is 0 Å². The van der Waals surface area contributed by atoms with Crippen LogP contribution >= 0.6 is 15.9 Å². The van der Waals surface area contributed by atoms with Crippen LogP contribution in [0.25, 0.3) is 0 Å². The van der Waals surface area contributed by atoms with Gasteiger partial charge in [-0.05, 0) is 17.2 Å². The van der Waals surface area contributed by atoms with Gasteiger partial charge in [-0.15, -0.1) is 0 Å². The highest BCUT2D eigenvalue weighted by molar-refractivity contribution is 9.10. The monoisotopic (exact) mass is 320 g/mol. The van der Waals surface area contributed by atoms with Gasteiger partial charge in [-0.3, -0.25) is 0 Å². The summed E-state index contributed by atoms with van der Waals surface area (Å²) in [6.45, 7) is 0.296. The molecular weight excluding hydrogens is 304 g/mol. The van der Waals surface area contributed by atoms with Gasteiger partial charge in [0.1, 0.15) is 6.79 Å². The molecule has 0 radical (unpaired) electrons. The van der Waals surface area contributed by atoms with Crippen LogP contribution in [0.15, 0.2) is 59.1 Å². The summed E-state index contributed by atoms with van der Waals surface area (Å²) in [6.07, 6.45) is 0.814. The highest BCUT2D eigenvalue weighted by Crippen LogP contribution is 2.26. The Kier molecular flexibility index (Phi) is 5.58. The standard InChI is InChI=1S/C16H17BrO2/c1-18-12-19-16(13-7-3-2-4-8-13)11-14-9-5-6-10-15(14)17/h2-10,16H,11-12H2,1H3. The molecular formula is C16H17BrO2. The van der Waals surface area contributed by atoms with Crippen molar-refractivity contribution in [2.24, 2.45) is 0 Å². The summed E-state index contributed by atoms with van der Waals surface area (Å²) in [4.78, 5) is 0. The van der Waals surface area contributed by atoms with Crippen molar-refractivity contribution < 1.29 is 9.47 Å². The number of ether oxygens (including phenoxy) is 2. The molecule has 0 bridgehead atoms. The van der Waals surface area contributed by atoms with E-state index in [4.69, 9.17) is 9.47 Å². The van der Waals surface area contributed by atoms with E-state index in [1.165, 1.54) is 5.56 Å². The molecule has 0 spiro atoms. The summed E-state index contributed by atoms with van der Waals surface area (Å²) in [6, 6.07) is 18.4. The molecule has 0 fully saturated rings. The Morgan fingerprint density at radius 2 is 1.68 bits per heavy atom. The van der Waals surface area contributed by atoms with Crippen LogP contribution < -0.4 is 0 Å². The lowest BCUT2D eigenvalue weighted by atomic mass is 10.0. The quantitative estimate of drug-likeness (QED) is 0.736. The Bertz CT molecular complexity index is 499. The van der Waals surface area contributed by atoms with Crippen LogP contribution in [0.2, 0.25) is 0 Å². The van der Waals surface area contributed by atoms with Crippen LogP contribution in [-0.4, -0.2) is 13.9 Å². The van der Waals surface area contributed by atoms with Crippen LogP contribution in [-0.2, 0) is 15.9 Å². The number of methoxy groups -OCH3 is 1. The van der Waals surface area contributed by atoms with Gasteiger partial charge in [0.2, 0.25) is 0 Å². The highest BCUT2D eigenvalue weighted by atomic mass is 79.9. The van der Waals surface area contributed by atoms with Gasteiger partial charge in [-0.2, -0.15) is 0 Å². The Hall–Kier alpha value is -1.16. The molecule has 0 N–H and O–H groups in total. The van der Waals surface area contributed by atoms with Crippen LogP contribution in [0.5, 0.6) is 0 Å². The van der Waals surface area contributed by atoms with Crippen LogP contribution in [0, 0.1) is 0 Å². The van der Waals surface area contributed by atoms with E-state index >= 15 is 0 Å². The third-order valence-corrected chi connectivity index (χ3v) is 3.70. The van der Waals surface area contributed by atoms with Crippen molar-refractivity contribution >= 4 is 15.9 Å². The topological polar surface area (TPSA) is 18.5 Å². The zero-order chi connectivity index (χ0) is 13.5. The zero-order valence-electron chi connectivity index (χ0n) is 10.9. The Morgan fingerprint density at radius 1 is 1.00 bits per heavy atom. The van der Waals surface area contributed by atoms with Gasteiger partial charge in [0, 0.05) is 18.0 Å². The van der Waals surface area contributed by atoms with Crippen molar-refractivity contribution in [1.82, 2.24) is 0 Å². The summed E-state index contributed by atoms with van der Waals surface area (Å²) in [5.41, 5.74) is 2.39. The number of halogens is 1. The van der Waals surface area contributed by atoms with Crippen LogP contribution in [0.3, 0.4) is 0 Å². The summed E-state index contributed by atoms with van der Waals surface area (Å²) >= 11 is 3.58. The van der Waals surface area contributed by atoms with Crippen molar-refractivity contribution in [2.75, 3.05) is 13.9 Å². The first kappa shape index (κ1) is 14.3. The molecule has 2 rings (SSSR count). The average molecular weight is 321 g/mol. The van der Waals surface area contributed by atoms with E-state index in [9.17, 15) is 0 Å². The lowest BCUT2D eigenvalue weighted by Gasteiger charge is -2.18. The summed E-state index contributed by atoms with van der Waals surface area (Å²) in [5.74, 6) is 0. The number of hydrogen-bond donors (Lipinski definition) is 0. The third-order valence-electron chi connectivity index (χ3n) is 2.92. The molecule has 0 aliphatic carbocycles. The molecule has 1 unspecified atom stereocenters. The molecule has 0 aliphatic heterocycles. The number of benzene rings is 2. The van der Waals surface area contributed by atoms with E-state index in [1.54, 1.807) is 7.11 Å². The lowest BCUT2D eigenvalue weighted by molar-refractivity contribution is -0.0730. The predicted octanol–water partition coefficient (Wildman–Crippen LogP) is 4.35. The number of rotatable bonds is 6. The van der Waals surface area contributed by atoms with Crippen molar-refractivity contribution in [3.63, 3.8) is 0 Å². The Morgan fingerprint density at radius 3 is 2.37 bits per heavy atom. The maximum Gasteiger partial charge on any atom is 0.147 e. The molecule has 0 heterocycles. The first-order chi connectivity index (χ1) is 9.31. The van der Waals surface area contributed by atoms with Gasteiger partial charge in [0.05, 0.1) is 6.10 Å². The maximum atomic E-state index is 5.79. The van der Waals surface area contributed by atoms with Gasteiger partial charge < -0.3 is 9.47 Å². The maximum absolute atomic E-state index is 5.79. The minimum atomic E-state index is -0.000139. The molecule has 2 aromatic carbocycles. The van der Waals surface area contributed by atoms with Crippen LogP contribution in [0.4, 0.5) is 0 Å². The van der Waals surface area contributed by atoms with E-state index in [0.29, 0.717) is 6.79 Å². The van der Waals surface area contributed by atoms with Crippen molar-refractivity contribution in [3.05, 3.63) is 70.2 Å². The third kappa shape index (κ3) is 4.16. The molecule has 3 heteroatoms. The number of hydrogen-bond acceptors (Lipinski definition) is 2. The van der Waals surface area contributed by atoms with Gasteiger partial charge in [-0.1, -0.05) is 64.5 Å². The fourth-order valence-corrected chi connectivity index (χ4v) is 2.40. The lowest BCUT2D eigenvalue weighted by Crippen LogP contribution is -2.10. The predicted molar refractivity (Wildman–Crippen MR) is 80.0 cm³/mol. The molecule has 100 valence electrons. The van der Waals surface area contributed by atoms with Crippen molar-refractivity contribution in [1.29, 1.82) is 0 Å². The normalized spacial score (nSPS) is 12.3. The Balaban J connectivity index is 2.17. The van der Waals surface area contributed by atoms with E-state index in [-0.39, 0.29) is 6.10 Å². The molecule has 0 aliphatic rings. The van der Waals surface area contributed by atoms with Crippen LogP contribution in [0.1, 0.15) is 17.2 Å². The van der Waals surface area contributed by atoms with Crippen molar-refractivity contribution in [2.45, 2.75) is 12.5 Å². The SMILES string of the molecule is COCOC(Cc1ccccc1Br)c1ccccc1.